The first-order chi connectivity index (χ1) is 9.15. The van der Waals surface area contributed by atoms with Crippen molar-refractivity contribution in [2.24, 2.45) is 0 Å². The predicted molar refractivity (Wildman–Crippen MR) is 70.4 cm³/mol. The van der Waals surface area contributed by atoms with Crippen molar-refractivity contribution >= 4 is 17.4 Å². The highest BCUT2D eigenvalue weighted by molar-refractivity contribution is 6.10. The molecule has 0 bridgehead atoms. The van der Waals surface area contributed by atoms with E-state index in [1.54, 1.807) is 24.3 Å². The summed E-state index contributed by atoms with van der Waals surface area (Å²) in [7, 11) is 0. The second-order valence-electron chi connectivity index (χ2n) is 4.02. The number of halogens is 1. The molecule has 4 heteroatoms. The Morgan fingerprint density at radius 3 is 2.21 bits per heavy atom. The van der Waals surface area contributed by atoms with Gasteiger partial charge in [-0.25, -0.2) is 4.39 Å². The molecule has 0 aliphatic rings. The highest BCUT2D eigenvalue weighted by Crippen LogP contribution is 2.09. The van der Waals surface area contributed by atoms with Crippen molar-refractivity contribution in [2.75, 3.05) is 5.32 Å². The van der Waals surface area contributed by atoms with Crippen molar-refractivity contribution in [1.29, 1.82) is 0 Å². The van der Waals surface area contributed by atoms with E-state index in [4.69, 9.17) is 0 Å². The maximum absolute atomic E-state index is 12.7. The van der Waals surface area contributed by atoms with Crippen LogP contribution in [-0.2, 0) is 4.79 Å². The van der Waals surface area contributed by atoms with Crippen LogP contribution in [0, 0.1) is 5.82 Å². The molecule has 0 aliphatic carbocycles. The summed E-state index contributed by atoms with van der Waals surface area (Å²) < 4.78 is 12.7. The first kappa shape index (κ1) is 13.0. The molecule has 2 aromatic rings. The summed E-state index contributed by atoms with van der Waals surface area (Å²) in [6, 6.07) is 14.0. The monoisotopic (exact) mass is 257 g/mol. The maximum Gasteiger partial charge on any atom is 0.232 e. The van der Waals surface area contributed by atoms with Gasteiger partial charge in [0.15, 0.2) is 5.78 Å². The van der Waals surface area contributed by atoms with Crippen LogP contribution in [-0.4, -0.2) is 11.7 Å². The SMILES string of the molecule is O=C(CC(=O)c1ccc(F)cc1)Nc1ccccc1. The molecule has 0 radical (unpaired) electrons. The lowest BCUT2D eigenvalue weighted by Gasteiger charge is -2.04. The van der Waals surface area contributed by atoms with E-state index < -0.39 is 5.82 Å². The standard InChI is InChI=1S/C15H12FNO2/c16-12-8-6-11(7-9-12)14(18)10-15(19)17-13-4-2-1-3-5-13/h1-9H,10H2,(H,17,19). The summed E-state index contributed by atoms with van der Waals surface area (Å²) in [5.41, 5.74) is 0.962. The van der Waals surface area contributed by atoms with Gasteiger partial charge in [0.25, 0.3) is 0 Å². The number of para-hydroxylation sites is 1. The summed E-state index contributed by atoms with van der Waals surface area (Å²) in [6.45, 7) is 0. The van der Waals surface area contributed by atoms with E-state index in [-0.39, 0.29) is 18.1 Å². The fraction of sp³-hybridized carbons (Fsp3) is 0.0667. The molecule has 19 heavy (non-hydrogen) atoms. The van der Waals surface area contributed by atoms with Crippen LogP contribution in [0.15, 0.2) is 54.6 Å². The fourth-order valence-electron chi connectivity index (χ4n) is 1.61. The number of carbonyl (C=O) groups is 2. The fourth-order valence-corrected chi connectivity index (χ4v) is 1.61. The molecule has 0 aromatic heterocycles. The van der Waals surface area contributed by atoms with E-state index in [1.165, 1.54) is 24.3 Å². The van der Waals surface area contributed by atoms with E-state index in [1.807, 2.05) is 6.07 Å². The van der Waals surface area contributed by atoms with Crippen LogP contribution in [0.5, 0.6) is 0 Å². The number of rotatable bonds is 4. The number of hydrogen-bond donors (Lipinski definition) is 1. The number of Topliss-reactive ketones (excluding diaryl/α,β-unsaturated/α-hetero) is 1. The normalized spacial score (nSPS) is 9.95. The van der Waals surface area contributed by atoms with Crippen LogP contribution in [0.25, 0.3) is 0 Å². The van der Waals surface area contributed by atoms with Gasteiger partial charge < -0.3 is 5.32 Å². The van der Waals surface area contributed by atoms with Crippen LogP contribution >= 0.6 is 0 Å². The summed E-state index contributed by atoms with van der Waals surface area (Å²) in [5.74, 6) is -1.14. The van der Waals surface area contributed by atoms with Gasteiger partial charge in [-0.3, -0.25) is 9.59 Å². The Labute approximate surface area is 110 Å². The second-order valence-corrected chi connectivity index (χ2v) is 4.02. The summed E-state index contributed by atoms with van der Waals surface area (Å²) in [5, 5.41) is 2.62. The lowest BCUT2D eigenvalue weighted by atomic mass is 10.1. The number of carbonyl (C=O) groups excluding carboxylic acids is 2. The Morgan fingerprint density at radius 2 is 1.58 bits per heavy atom. The summed E-state index contributed by atoms with van der Waals surface area (Å²) in [6.07, 6.45) is -0.263. The quantitative estimate of drug-likeness (QED) is 0.676. The highest BCUT2D eigenvalue weighted by Gasteiger charge is 2.11. The molecule has 0 unspecified atom stereocenters. The van der Waals surface area contributed by atoms with Crippen molar-refractivity contribution in [1.82, 2.24) is 0 Å². The molecular weight excluding hydrogens is 245 g/mol. The minimum absolute atomic E-state index is 0.263. The largest absolute Gasteiger partial charge is 0.326 e. The van der Waals surface area contributed by atoms with Crippen LogP contribution in [0.1, 0.15) is 16.8 Å². The zero-order valence-corrected chi connectivity index (χ0v) is 10.1. The Balaban J connectivity index is 1.95. The number of amides is 1. The molecule has 0 atom stereocenters. The van der Waals surface area contributed by atoms with Gasteiger partial charge >= 0.3 is 0 Å². The second kappa shape index (κ2) is 5.91. The van der Waals surface area contributed by atoms with Gasteiger partial charge in [-0.1, -0.05) is 18.2 Å². The first-order valence-corrected chi connectivity index (χ1v) is 5.79. The summed E-state index contributed by atoms with van der Waals surface area (Å²) in [4.78, 5) is 23.4. The van der Waals surface area contributed by atoms with E-state index in [2.05, 4.69) is 5.32 Å². The van der Waals surface area contributed by atoms with Gasteiger partial charge in [0, 0.05) is 11.3 Å². The highest BCUT2D eigenvalue weighted by atomic mass is 19.1. The predicted octanol–water partition coefficient (Wildman–Crippen LogP) is 3.04. The molecular formula is C15H12FNO2. The molecule has 0 aliphatic heterocycles. The van der Waals surface area contributed by atoms with Gasteiger partial charge in [-0.15, -0.1) is 0 Å². The van der Waals surface area contributed by atoms with E-state index >= 15 is 0 Å². The minimum atomic E-state index is -0.412. The third kappa shape index (κ3) is 3.74. The first-order valence-electron chi connectivity index (χ1n) is 5.79. The third-order valence-corrected chi connectivity index (χ3v) is 2.54. The van der Waals surface area contributed by atoms with Crippen LogP contribution in [0.3, 0.4) is 0 Å². The Hall–Kier alpha value is -2.49. The third-order valence-electron chi connectivity index (χ3n) is 2.54. The average molecular weight is 257 g/mol. The topological polar surface area (TPSA) is 46.2 Å². The molecule has 96 valence electrons. The molecule has 3 nitrogen and oxygen atoms in total. The molecule has 1 amide bonds. The number of ketones is 1. The van der Waals surface area contributed by atoms with Crippen LogP contribution in [0.2, 0.25) is 0 Å². The van der Waals surface area contributed by atoms with Gasteiger partial charge in [-0.05, 0) is 36.4 Å². The molecule has 0 saturated heterocycles. The van der Waals surface area contributed by atoms with Crippen molar-refractivity contribution in [3.8, 4) is 0 Å². The summed E-state index contributed by atoms with van der Waals surface area (Å²) >= 11 is 0. The zero-order chi connectivity index (χ0) is 13.7. The Kier molecular flexibility index (Phi) is 4.03. The van der Waals surface area contributed by atoms with Crippen LogP contribution < -0.4 is 5.32 Å². The molecule has 0 heterocycles. The number of benzene rings is 2. The molecule has 2 aromatic carbocycles. The van der Waals surface area contributed by atoms with Crippen molar-refractivity contribution in [3.05, 3.63) is 66.0 Å². The number of anilines is 1. The lowest BCUT2D eigenvalue weighted by molar-refractivity contribution is -0.115. The molecule has 1 N–H and O–H groups in total. The number of nitrogens with one attached hydrogen (secondary N) is 1. The average Bonchev–Trinajstić information content (AvgIpc) is 2.40. The van der Waals surface area contributed by atoms with Gasteiger partial charge in [-0.2, -0.15) is 0 Å². The van der Waals surface area contributed by atoms with Gasteiger partial charge in [0.2, 0.25) is 5.91 Å². The lowest BCUT2D eigenvalue weighted by Crippen LogP contribution is -2.16. The molecule has 0 saturated carbocycles. The molecule has 0 fully saturated rings. The van der Waals surface area contributed by atoms with Crippen molar-refractivity contribution < 1.29 is 14.0 Å². The van der Waals surface area contributed by atoms with Crippen molar-refractivity contribution in [3.63, 3.8) is 0 Å². The smallest absolute Gasteiger partial charge is 0.232 e. The van der Waals surface area contributed by atoms with Crippen LogP contribution in [0.4, 0.5) is 10.1 Å². The Morgan fingerprint density at radius 1 is 0.947 bits per heavy atom. The number of hydrogen-bond acceptors (Lipinski definition) is 2. The minimum Gasteiger partial charge on any atom is -0.326 e. The molecule has 2 rings (SSSR count). The van der Waals surface area contributed by atoms with Gasteiger partial charge in [0.1, 0.15) is 5.82 Å². The van der Waals surface area contributed by atoms with E-state index in [9.17, 15) is 14.0 Å². The van der Waals surface area contributed by atoms with E-state index in [0.717, 1.165) is 0 Å². The Bertz CT molecular complexity index is 579. The zero-order valence-electron chi connectivity index (χ0n) is 10.1. The maximum atomic E-state index is 12.7. The van der Waals surface area contributed by atoms with Gasteiger partial charge in [0.05, 0.1) is 6.42 Å². The molecule has 0 spiro atoms. The van der Waals surface area contributed by atoms with E-state index in [0.29, 0.717) is 11.3 Å². The van der Waals surface area contributed by atoms with Crippen molar-refractivity contribution in [2.45, 2.75) is 6.42 Å².